The van der Waals surface area contributed by atoms with Crippen molar-refractivity contribution >= 4 is 35.4 Å². The van der Waals surface area contributed by atoms with Gasteiger partial charge in [-0.1, -0.05) is 0 Å². The minimum absolute atomic E-state index is 0.353. The molecule has 2 atom stereocenters. The average molecular weight is 324 g/mol. The van der Waals surface area contributed by atoms with Crippen molar-refractivity contribution in [2.24, 2.45) is 0 Å². The van der Waals surface area contributed by atoms with Gasteiger partial charge in [-0.2, -0.15) is 11.8 Å². The second-order valence-electron chi connectivity index (χ2n) is 4.54. The third kappa shape index (κ3) is 8.55. The number of carbonyl (C=O) groups excluding carboxylic acids is 1. The molecule has 0 saturated carbocycles. The molecule has 2 unspecified atom stereocenters. The van der Waals surface area contributed by atoms with Crippen molar-refractivity contribution in [2.45, 2.75) is 51.1 Å². The van der Waals surface area contributed by atoms with Gasteiger partial charge in [-0.15, -0.1) is 0 Å². The van der Waals surface area contributed by atoms with Crippen molar-refractivity contribution in [3.05, 3.63) is 6.42 Å². The molecule has 5 nitrogen and oxygen atoms in total. The van der Waals surface area contributed by atoms with Gasteiger partial charge in [-0.3, -0.25) is 4.79 Å². The van der Waals surface area contributed by atoms with Gasteiger partial charge in [0.05, 0.1) is 19.8 Å². The van der Waals surface area contributed by atoms with E-state index in [-0.39, 0.29) is 5.91 Å². The van der Waals surface area contributed by atoms with Gasteiger partial charge in [0, 0.05) is 0 Å². The van der Waals surface area contributed by atoms with E-state index in [0.29, 0.717) is 18.6 Å². The molecular weight excluding hydrogens is 300 g/mol. The summed E-state index contributed by atoms with van der Waals surface area (Å²) in [6, 6.07) is -1.41. The fourth-order valence-corrected chi connectivity index (χ4v) is 2.38. The van der Waals surface area contributed by atoms with E-state index >= 15 is 0 Å². The lowest BCUT2D eigenvalue weighted by Crippen LogP contribution is -2.48. The Morgan fingerprint density at radius 1 is 1.30 bits per heavy atom. The Labute approximate surface area is 130 Å². The molecule has 0 aliphatic rings. The molecular formula is C13H24ClN2O3S+. The number of nitrogens with one attached hydrogen (secondary N) is 2. The zero-order valence-electron chi connectivity index (χ0n) is 12.0. The summed E-state index contributed by atoms with van der Waals surface area (Å²) in [6.45, 7) is 1.99. The largest absolute Gasteiger partial charge is 0.480 e. The quantitative estimate of drug-likeness (QED) is 0.291. The monoisotopic (exact) mass is 323 g/mol. The van der Waals surface area contributed by atoms with Crippen molar-refractivity contribution in [1.82, 2.24) is 10.2 Å². The average Bonchev–Trinajstić information content (AvgIpc) is 2.43. The van der Waals surface area contributed by atoms with Crippen LogP contribution in [0.25, 0.3) is 0 Å². The number of hydrogen-bond donors (Lipinski definition) is 3. The van der Waals surface area contributed by atoms with Gasteiger partial charge >= 0.3 is 5.97 Å². The van der Waals surface area contributed by atoms with Crippen LogP contribution in [0.1, 0.15) is 39.0 Å². The number of unbranched alkanes of at least 4 members (excludes halogenated alkanes) is 3. The van der Waals surface area contributed by atoms with E-state index in [1.165, 1.54) is 0 Å². The van der Waals surface area contributed by atoms with Crippen LogP contribution in [0.5, 0.6) is 0 Å². The molecule has 0 fully saturated rings. The molecule has 0 aromatic carbocycles. The first kappa shape index (κ1) is 19.4. The van der Waals surface area contributed by atoms with Crippen LogP contribution in [0.15, 0.2) is 0 Å². The van der Waals surface area contributed by atoms with Crippen molar-refractivity contribution in [2.75, 3.05) is 12.0 Å². The van der Waals surface area contributed by atoms with Crippen LogP contribution in [0.3, 0.4) is 0 Å². The standard InChI is InChI=1S/C13H23ClN2O3S/c1-3-4-5-6-7-10(16-14)12(17)15-11(13(18)19)8-9-20-2/h3,10-11,16H,4-9H2,1-2H3,(H-,15,17,18,19)/p+1. The highest BCUT2D eigenvalue weighted by Crippen LogP contribution is 2.07. The molecule has 0 bridgehead atoms. The lowest BCUT2D eigenvalue weighted by Gasteiger charge is -2.18. The minimum atomic E-state index is -1.01. The second kappa shape index (κ2) is 12.2. The van der Waals surface area contributed by atoms with Gasteiger partial charge < -0.3 is 10.4 Å². The lowest BCUT2D eigenvalue weighted by molar-refractivity contribution is -0.142. The van der Waals surface area contributed by atoms with Crippen molar-refractivity contribution < 1.29 is 14.7 Å². The van der Waals surface area contributed by atoms with Crippen LogP contribution in [-0.4, -0.2) is 41.1 Å². The number of hydrogen-bond acceptors (Lipinski definition) is 4. The number of thioether (sulfide) groups is 1. The fraction of sp³-hybridized carbons (Fsp3) is 0.769. The summed E-state index contributed by atoms with van der Waals surface area (Å²) < 4.78 is 0. The Bertz CT molecular complexity index is 293. The summed E-state index contributed by atoms with van der Waals surface area (Å²) >= 11 is 7.12. The molecule has 0 radical (unpaired) electrons. The number of amides is 1. The molecule has 0 aliphatic carbocycles. The molecule has 0 saturated heterocycles. The number of carboxylic acids is 1. The maximum atomic E-state index is 12.0. The molecule has 0 aromatic rings. The summed E-state index contributed by atoms with van der Waals surface area (Å²) in [7, 11) is 0. The van der Waals surface area contributed by atoms with Gasteiger partial charge in [0.15, 0.2) is 0 Å². The highest BCUT2D eigenvalue weighted by atomic mass is 35.5. The Balaban J connectivity index is 4.24. The molecule has 116 valence electrons. The molecule has 0 heterocycles. The minimum Gasteiger partial charge on any atom is -0.480 e. The SMILES string of the molecule is C[CH+]CCCCC(NCl)C(=O)NC(CCSC)C(=O)O. The predicted octanol–water partition coefficient (Wildman–Crippen LogP) is 2.21. The highest BCUT2D eigenvalue weighted by Gasteiger charge is 2.24. The molecule has 0 aliphatic heterocycles. The van der Waals surface area contributed by atoms with Gasteiger partial charge in [0.1, 0.15) is 12.1 Å². The number of halogens is 1. The van der Waals surface area contributed by atoms with E-state index < -0.39 is 18.1 Å². The van der Waals surface area contributed by atoms with E-state index in [2.05, 4.69) is 16.6 Å². The normalized spacial score (nSPS) is 13.6. The molecule has 0 aromatic heterocycles. The first-order chi connectivity index (χ1) is 9.56. The highest BCUT2D eigenvalue weighted by molar-refractivity contribution is 7.98. The number of rotatable bonds is 12. The Morgan fingerprint density at radius 2 is 2.00 bits per heavy atom. The maximum absolute atomic E-state index is 12.0. The summed E-state index contributed by atoms with van der Waals surface area (Å²) in [6.07, 6.45) is 7.83. The van der Waals surface area contributed by atoms with E-state index in [1.54, 1.807) is 11.8 Å². The third-order valence-electron chi connectivity index (χ3n) is 2.91. The van der Waals surface area contributed by atoms with Gasteiger partial charge in [-0.25, -0.2) is 9.63 Å². The van der Waals surface area contributed by atoms with Crippen molar-refractivity contribution in [3.63, 3.8) is 0 Å². The first-order valence-corrected chi connectivity index (χ1v) is 8.50. The molecule has 3 N–H and O–H groups in total. The molecule has 0 spiro atoms. The van der Waals surface area contributed by atoms with Gasteiger partial charge in [-0.05, 0) is 49.5 Å². The van der Waals surface area contributed by atoms with Crippen LogP contribution < -0.4 is 10.2 Å². The summed E-state index contributed by atoms with van der Waals surface area (Å²) in [5.41, 5.74) is 0. The van der Waals surface area contributed by atoms with Crippen LogP contribution in [0, 0.1) is 6.42 Å². The van der Waals surface area contributed by atoms with Crippen LogP contribution in [0.4, 0.5) is 0 Å². The van der Waals surface area contributed by atoms with Crippen molar-refractivity contribution in [3.8, 4) is 0 Å². The molecule has 7 heteroatoms. The zero-order valence-corrected chi connectivity index (χ0v) is 13.6. The molecule has 20 heavy (non-hydrogen) atoms. The van der Waals surface area contributed by atoms with Crippen molar-refractivity contribution in [1.29, 1.82) is 0 Å². The topological polar surface area (TPSA) is 78.4 Å². The number of carboxylic acid groups (broad SMARTS) is 1. The lowest BCUT2D eigenvalue weighted by atomic mass is 10.1. The van der Waals surface area contributed by atoms with E-state index in [9.17, 15) is 9.59 Å². The van der Waals surface area contributed by atoms with E-state index in [4.69, 9.17) is 16.9 Å². The fourth-order valence-electron chi connectivity index (χ4n) is 1.70. The molecule has 0 rings (SSSR count). The molecule has 1 amide bonds. The Hall–Kier alpha value is -0.590. The second-order valence-corrected chi connectivity index (χ2v) is 5.74. The zero-order chi connectivity index (χ0) is 15.4. The van der Waals surface area contributed by atoms with Gasteiger partial charge in [0.2, 0.25) is 5.91 Å². The summed E-state index contributed by atoms with van der Waals surface area (Å²) in [5.74, 6) is -0.682. The summed E-state index contributed by atoms with van der Waals surface area (Å²) in [4.78, 5) is 25.5. The van der Waals surface area contributed by atoms with E-state index in [0.717, 1.165) is 19.3 Å². The van der Waals surface area contributed by atoms with Crippen LogP contribution in [0.2, 0.25) is 0 Å². The number of carbonyl (C=O) groups is 2. The maximum Gasteiger partial charge on any atom is 0.326 e. The van der Waals surface area contributed by atoms with E-state index in [1.807, 2.05) is 13.2 Å². The van der Waals surface area contributed by atoms with Gasteiger partial charge in [0.25, 0.3) is 0 Å². The summed E-state index contributed by atoms with van der Waals surface area (Å²) in [5, 5.41) is 11.6. The third-order valence-corrected chi connectivity index (χ3v) is 3.82. The first-order valence-electron chi connectivity index (χ1n) is 6.72. The van der Waals surface area contributed by atoms with Crippen LogP contribution >= 0.6 is 23.5 Å². The number of aliphatic carboxylic acids is 1. The smallest absolute Gasteiger partial charge is 0.326 e. The Morgan fingerprint density at radius 3 is 2.50 bits per heavy atom. The predicted molar refractivity (Wildman–Crippen MR) is 83.8 cm³/mol. The Kier molecular flexibility index (Phi) is 11.8. The van der Waals surface area contributed by atoms with Crippen LogP contribution in [-0.2, 0) is 9.59 Å².